The lowest BCUT2D eigenvalue weighted by molar-refractivity contribution is 0.464. The molecule has 3 rings (SSSR count). The van der Waals surface area contributed by atoms with E-state index in [-0.39, 0.29) is 0 Å². The van der Waals surface area contributed by atoms with E-state index in [0.717, 1.165) is 35.9 Å². The van der Waals surface area contributed by atoms with Gasteiger partial charge in [0.05, 0.1) is 5.69 Å². The zero-order chi connectivity index (χ0) is 13.9. The SMILES string of the molecule is CCCNC1CCCc2nc(-c3ccc(CC)o3)sc21. The first-order valence-electron chi connectivity index (χ1n) is 7.63. The summed E-state index contributed by atoms with van der Waals surface area (Å²) in [6, 6.07) is 4.60. The van der Waals surface area contributed by atoms with Crippen molar-refractivity contribution in [3.8, 4) is 10.8 Å². The predicted molar refractivity (Wildman–Crippen MR) is 83.2 cm³/mol. The van der Waals surface area contributed by atoms with E-state index in [4.69, 9.17) is 9.40 Å². The average Bonchev–Trinajstić information content (AvgIpc) is 3.10. The monoisotopic (exact) mass is 290 g/mol. The molecule has 4 heteroatoms. The van der Waals surface area contributed by atoms with Crippen molar-refractivity contribution < 1.29 is 4.42 Å². The Morgan fingerprint density at radius 1 is 1.40 bits per heavy atom. The van der Waals surface area contributed by atoms with Crippen LogP contribution in [-0.4, -0.2) is 11.5 Å². The maximum atomic E-state index is 5.84. The molecule has 0 amide bonds. The van der Waals surface area contributed by atoms with Gasteiger partial charge in [-0.2, -0.15) is 0 Å². The van der Waals surface area contributed by atoms with Crippen LogP contribution in [0.4, 0.5) is 0 Å². The van der Waals surface area contributed by atoms with E-state index in [1.807, 2.05) is 0 Å². The van der Waals surface area contributed by atoms with E-state index >= 15 is 0 Å². The molecule has 0 aliphatic heterocycles. The Labute approximate surface area is 124 Å². The number of hydrogen-bond donors (Lipinski definition) is 1. The minimum atomic E-state index is 0.491. The van der Waals surface area contributed by atoms with Crippen molar-refractivity contribution in [3.63, 3.8) is 0 Å². The normalized spacial score (nSPS) is 18.2. The van der Waals surface area contributed by atoms with Crippen molar-refractivity contribution in [2.45, 2.75) is 52.0 Å². The Morgan fingerprint density at radius 2 is 2.30 bits per heavy atom. The van der Waals surface area contributed by atoms with E-state index in [0.29, 0.717) is 6.04 Å². The van der Waals surface area contributed by atoms with E-state index in [1.165, 1.54) is 29.8 Å². The minimum Gasteiger partial charge on any atom is -0.459 e. The molecule has 1 N–H and O–H groups in total. The van der Waals surface area contributed by atoms with Gasteiger partial charge in [-0.15, -0.1) is 11.3 Å². The third-order valence-electron chi connectivity index (χ3n) is 3.81. The van der Waals surface area contributed by atoms with E-state index < -0.39 is 0 Å². The summed E-state index contributed by atoms with van der Waals surface area (Å²) in [4.78, 5) is 6.24. The maximum absolute atomic E-state index is 5.84. The fourth-order valence-electron chi connectivity index (χ4n) is 2.72. The van der Waals surface area contributed by atoms with Gasteiger partial charge in [0.2, 0.25) is 0 Å². The van der Waals surface area contributed by atoms with Gasteiger partial charge in [0.1, 0.15) is 5.76 Å². The van der Waals surface area contributed by atoms with Gasteiger partial charge >= 0.3 is 0 Å². The third-order valence-corrected chi connectivity index (χ3v) is 5.04. The molecule has 0 saturated carbocycles. The summed E-state index contributed by atoms with van der Waals surface area (Å²) in [6.45, 7) is 5.40. The first-order chi connectivity index (χ1) is 9.81. The lowest BCUT2D eigenvalue weighted by Crippen LogP contribution is -2.24. The zero-order valence-electron chi connectivity index (χ0n) is 12.2. The second-order valence-electron chi connectivity index (χ2n) is 5.35. The van der Waals surface area contributed by atoms with Crippen LogP contribution in [0.2, 0.25) is 0 Å². The van der Waals surface area contributed by atoms with Crippen molar-refractivity contribution in [2.75, 3.05) is 6.54 Å². The molecule has 1 aliphatic rings. The molecule has 0 aromatic carbocycles. The fraction of sp³-hybridized carbons (Fsp3) is 0.562. The summed E-state index contributed by atoms with van der Waals surface area (Å²) in [5.74, 6) is 1.96. The quantitative estimate of drug-likeness (QED) is 0.890. The van der Waals surface area contributed by atoms with Gasteiger partial charge < -0.3 is 9.73 Å². The molecule has 0 fully saturated rings. The molecular formula is C16H22N2OS. The Balaban J connectivity index is 1.86. The van der Waals surface area contributed by atoms with E-state index in [9.17, 15) is 0 Å². The second-order valence-corrected chi connectivity index (χ2v) is 6.38. The largest absolute Gasteiger partial charge is 0.459 e. The molecule has 2 heterocycles. The van der Waals surface area contributed by atoms with E-state index in [1.54, 1.807) is 11.3 Å². The summed E-state index contributed by atoms with van der Waals surface area (Å²) >= 11 is 1.80. The van der Waals surface area contributed by atoms with Crippen molar-refractivity contribution in [1.29, 1.82) is 0 Å². The summed E-state index contributed by atoms with van der Waals surface area (Å²) in [5.41, 5.74) is 1.28. The molecule has 1 aliphatic carbocycles. The maximum Gasteiger partial charge on any atom is 0.162 e. The first kappa shape index (κ1) is 13.8. The highest BCUT2D eigenvalue weighted by atomic mass is 32.1. The number of rotatable bonds is 5. The molecule has 1 atom stereocenters. The molecule has 20 heavy (non-hydrogen) atoms. The number of nitrogens with zero attached hydrogens (tertiary/aromatic N) is 1. The number of furan rings is 1. The molecule has 108 valence electrons. The summed E-state index contributed by atoms with van der Waals surface area (Å²) in [7, 11) is 0. The predicted octanol–water partition coefficient (Wildman–Crippen LogP) is 4.34. The van der Waals surface area contributed by atoms with Crippen molar-refractivity contribution in [2.24, 2.45) is 0 Å². The van der Waals surface area contributed by atoms with Crippen molar-refractivity contribution >= 4 is 11.3 Å². The molecule has 2 aromatic rings. The number of thiazole rings is 1. The Hall–Kier alpha value is -1.13. The van der Waals surface area contributed by atoms with Gasteiger partial charge in [-0.25, -0.2) is 4.98 Å². The number of aryl methyl sites for hydroxylation is 2. The van der Waals surface area contributed by atoms with Crippen molar-refractivity contribution in [3.05, 3.63) is 28.5 Å². The lowest BCUT2D eigenvalue weighted by Gasteiger charge is -2.22. The van der Waals surface area contributed by atoms with Crippen LogP contribution in [0.15, 0.2) is 16.5 Å². The third kappa shape index (κ3) is 2.67. The average molecular weight is 290 g/mol. The molecule has 0 spiro atoms. The van der Waals surface area contributed by atoms with Crippen molar-refractivity contribution in [1.82, 2.24) is 10.3 Å². The van der Waals surface area contributed by atoms with Gasteiger partial charge in [-0.05, 0) is 44.4 Å². The number of fused-ring (bicyclic) bond motifs is 1. The molecule has 1 unspecified atom stereocenters. The molecule has 2 aromatic heterocycles. The minimum absolute atomic E-state index is 0.491. The van der Waals surface area contributed by atoms with E-state index in [2.05, 4.69) is 31.3 Å². The first-order valence-corrected chi connectivity index (χ1v) is 8.45. The van der Waals surface area contributed by atoms with Crippen LogP contribution in [0, 0.1) is 0 Å². The Bertz CT molecular complexity index is 573. The highest BCUT2D eigenvalue weighted by molar-refractivity contribution is 7.15. The fourth-order valence-corrected chi connectivity index (χ4v) is 3.90. The molecular weight excluding hydrogens is 268 g/mol. The van der Waals surface area contributed by atoms with Gasteiger partial charge in [-0.1, -0.05) is 13.8 Å². The molecule has 0 radical (unpaired) electrons. The summed E-state index contributed by atoms with van der Waals surface area (Å²) < 4.78 is 5.84. The smallest absolute Gasteiger partial charge is 0.162 e. The van der Waals surface area contributed by atoms with Gasteiger partial charge in [-0.3, -0.25) is 0 Å². The van der Waals surface area contributed by atoms with Crippen LogP contribution in [-0.2, 0) is 12.8 Å². The summed E-state index contributed by atoms with van der Waals surface area (Å²) in [6.07, 6.45) is 5.68. The number of nitrogens with one attached hydrogen (secondary N) is 1. The van der Waals surface area contributed by atoms with Gasteiger partial charge in [0.25, 0.3) is 0 Å². The lowest BCUT2D eigenvalue weighted by atomic mass is 9.98. The highest BCUT2D eigenvalue weighted by Gasteiger charge is 2.25. The molecule has 3 nitrogen and oxygen atoms in total. The summed E-state index contributed by atoms with van der Waals surface area (Å²) in [5, 5.41) is 4.69. The topological polar surface area (TPSA) is 38.1 Å². The van der Waals surface area contributed by atoms with Crippen LogP contribution in [0.25, 0.3) is 10.8 Å². The number of hydrogen-bond acceptors (Lipinski definition) is 4. The Kier molecular flexibility index (Phi) is 4.22. The standard InChI is InChI=1S/C16H22N2OS/c1-3-10-17-12-6-5-7-13-15(12)20-16(18-13)14-9-8-11(4-2)19-14/h8-9,12,17H,3-7,10H2,1-2H3. The second kappa shape index (κ2) is 6.10. The van der Waals surface area contributed by atoms with Crippen LogP contribution in [0.3, 0.4) is 0 Å². The zero-order valence-corrected chi connectivity index (χ0v) is 13.1. The van der Waals surface area contributed by atoms with Crippen LogP contribution < -0.4 is 5.32 Å². The van der Waals surface area contributed by atoms with Gasteiger partial charge in [0.15, 0.2) is 10.8 Å². The molecule has 0 bridgehead atoms. The molecule has 0 saturated heterocycles. The van der Waals surface area contributed by atoms with Crippen LogP contribution in [0.1, 0.15) is 55.5 Å². The van der Waals surface area contributed by atoms with Crippen LogP contribution in [0.5, 0.6) is 0 Å². The van der Waals surface area contributed by atoms with Crippen LogP contribution >= 0.6 is 11.3 Å². The van der Waals surface area contributed by atoms with Gasteiger partial charge in [0, 0.05) is 17.3 Å². The number of aromatic nitrogens is 1. The highest BCUT2D eigenvalue weighted by Crippen LogP contribution is 2.38. The Morgan fingerprint density at radius 3 is 3.05 bits per heavy atom.